The first-order valence-electron chi connectivity index (χ1n) is 1.98. The third kappa shape index (κ3) is 1.20. The maximum atomic E-state index is 3.77. The molecule has 0 aromatic carbocycles. The summed E-state index contributed by atoms with van der Waals surface area (Å²) in [7, 11) is 0. The zero-order valence-corrected chi connectivity index (χ0v) is 3.76. The minimum absolute atomic E-state index is 0.490. The molecular formula is C4H5N3. The van der Waals surface area contributed by atoms with Crippen LogP contribution in [-0.4, -0.2) is 18.9 Å². The highest BCUT2D eigenvalue weighted by Gasteiger charge is 1.71. The van der Waals surface area contributed by atoms with Gasteiger partial charge in [0.15, 0.2) is 0 Å². The van der Waals surface area contributed by atoms with Crippen molar-refractivity contribution in [2.45, 2.75) is 0 Å². The molecule has 0 radical (unpaired) electrons. The molecule has 0 spiro atoms. The quantitative estimate of drug-likeness (QED) is 0.443. The van der Waals surface area contributed by atoms with Crippen molar-refractivity contribution in [1.82, 2.24) is 5.32 Å². The first-order valence-corrected chi connectivity index (χ1v) is 1.98. The highest BCUT2D eigenvalue weighted by Crippen LogP contribution is 1.68. The Balaban J connectivity index is 2.60. The largest absolute Gasteiger partial charge is 0.345 e. The monoisotopic (exact) mass is 95.0 g/mol. The van der Waals surface area contributed by atoms with E-state index in [0.717, 1.165) is 0 Å². The SMILES string of the molecule is C1=CNC=NCN=1. The number of aliphatic imine (C=N–C) groups is 2. The van der Waals surface area contributed by atoms with E-state index in [1.165, 1.54) is 0 Å². The van der Waals surface area contributed by atoms with Gasteiger partial charge in [0.1, 0.15) is 6.67 Å². The molecule has 1 N–H and O–H groups in total. The Morgan fingerprint density at radius 2 is 2.71 bits per heavy atom. The van der Waals surface area contributed by atoms with Gasteiger partial charge in [-0.05, 0) is 0 Å². The lowest BCUT2D eigenvalue weighted by molar-refractivity contribution is 1.08. The van der Waals surface area contributed by atoms with Gasteiger partial charge in [-0.3, -0.25) is 4.99 Å². The van der Waals surface area contributed by atoms with Crippen molar-refractivity contribution in [2.24, 2.45) is 9.98 Å². The topological polar surface area (TPSA) is 36.8 Å². The average Bonchev–Trinajstić information content (AvgIpc) is 1.90. The smallest absolute Gasteiger partial charge is 0.140 e. The Morgan fingerprint density at radius 3 is 3.71 bits per heavy atom. The Morgan fingerprint density at radius 1 is 1.71 bits per heavy atom. The van der Waals surface area contributed by atoms with E-state index in [-0.39, 0.29) is 0 Å². The fraction of sp³-hybridized carbons (Fsp3) is 0.250. The number of hydrogen-bond acceptors (Lipinski definition) is 3. The summed E-state index contributed by atoms with van der Waals surface area (Å²) < 4.78 is 0. The van der Waals surface area contributed by atoms with Crippen molar-refractivity contribution < 1.29 is 0 Å². The van der Waals surface area contributed by atoms with E-state index in [4.69, 9.17) is 0 Å². The van der Waals surface area contributed by atoms with Crippen molar-refractivity contribution in [3.63, 3.8) is 0 Å². The second-order valence-electron chi connectivity index (χ2n) is 1.05. The van der Waals surface area contributed by atoms with E-state index >= 15 is 0 Å². The fourth-order valence-corrected chi connectivity index (χ4v) is 0.295. The number of rotatable bonds is 0. The summed E-state index contributed by atoms with van der Waals surface area (Å²) in [5, 5.41) is 2.73. The molecule has 0 bridgehead atoms. The minimum Gasteiger partial charge on any atom is -0.345 e. The lowest BCUT2D eigenvalue weighted by atomic mass is 10.9. The van der Waals surface area contributed by atoms with Gasteiger partial charge in [-0.15, -0.1) is 0 Å². The maximum Gasteiger partial charge on any atom is 0.140 e. The van der Waals surface area contributed by atoms with Gasteiger partial charge in [0, 0.05) is 5.87 Å². The van der Waals surface area contributed by atoms with Crippen LogP contribution in [-0.2, 0) is 0 Å². The average molecular weight is 95.1 g/mol. The van der Waals surface area contributed by atoms with E-state index in [2.05, 4.69) is 21.2 Å². The predicted octanol–water partition coefficient (Wildman–Crippen LogP) is -0.241. The van der Waals surface area contributed by atoms with Gasteiger partial charge in [0.2, 0.25) is 0 Å². The van der Waals surface area contributed by atoms with Crippen LogP contribution < -0.4 is 5.32 Å². The first-order chi connectivity index (χ1) is 3.50. The van der Waals surface area contributed by atoms with E-state index in [1.807, 2.05) is 0 Å². The van der Waals surface area contributed by atoms with Gasteiger partial charge >= 0.3 is 0 Å². The standard InChI is InChI=1S/C4H5N3/c1-2-6-4-7-3-5-1/h1,3H,4H2,(H,5,7). The lowest BCUT2D eigenvalue weighted by Gasteiger charge is -1.76. The van der Waals surface area contributed by atoms with Crippen molar-refractivity contribution in [3.8, 4) is 0 Å². The molecule has 0 unspecified atom stereocenters. The molecule has 0 amide bonds. The first kappa shape index (κ1) is 4.09. The van der Waals surface area contributed by atoms with E-state index < -0.39 is 0 Å². The molecule has 7 heavy (non-hydrogen) atoms. The number of nitrogens with one attached hydrogen (secondary N) is 1. The van der Waals surface area contributed by atoms with Gasteiger partial charge in [-0.1, -0.05) is 0 Å². The Hall–Kier alpha value is -1.08. The molecule has 0 aromatic rings. The van der Waals surface area contributed by atoms with Gasteiger partial charge in [-0.2, -0.15) is 0 Å². The van der Waals surface area contributed by atoms with Crippen LogP contribution in [0.25, 0.3) is 0 Å². The summed E-state index contributed by atoms with van der Waals surface area (Å²) in [6.07, 6.45) is 3.19. The van der Waals surface area contributed by atoms with Crippen molar-refractivity contribution >= 4 is 12.2 Å². The second-order valence-corrected chi connectivity index (χ2v) is 1.05. The van der Waals surface area contributed by atoms with E-state index in [0.29, 0.717) is 6.67 Å². The zero-order chi connectivity index (χ0) is 4.95. The molecular weight excluding hydrogens is 90.1 g/mol. The van der Waals surface area contributed by atoms with Crippen molar-refractivity contribution in [3.05, 3.63) is 6.20 Å². The second kappa shape index (κ2) is 2.16. The van der Waals surface area contributed by atoms with Crippen LogP contribution in [0.5, 0.6) is 0 Å². The molecule has 36 valence electrons. The Bertz CT molecular complexity index is 118. The van der Waals surface area contributed by atoms with Crippen LogP contribution in [0.2, 0.25) is 0 Å². The third-order valence-corrected chi connectivity index (χ3v) is 0.557. The summed E-state index contributed by atoms with van der Waals surface area (Å²) in [6.45, 7) is 0.490. The molecule has 0 atom stereocenters. The lowest BCUT2D eigenvalue weighted by Crippen LogP contribution is -1.98. The molecule has 0 fully saturated rings. The highest BCUT2D eigenvalue weighted by molar-refractivity contribution is 5.63. The van der Waals surface area contributed by atoms with Crippen molar-refractivity contribution in [2.75, 3.05) is 6.67 Å². The number of hydrogen-bond donors (Lipinski definition) is 1. The summed E-state index contributed by atoms with van der Waals surface area (Å²) in [4.78, 5) is 7.48. The highest BCUT2D eigenvalue weighted by atomic mass is 15.0. The Labute approximate surface area is 41.5 Å². The van der Waals surface area contributed by atoms with Gasteiger partial charge < -0.3 is 5.32 Å². The predicted molar refractivity (Wildman–Crippen MR) is 28.5 cm³/mol. The summed E-state index contributed by atoms with van der Waals surface area (Å²) in [6, 6.07) is 0. The normalized spacial score (nSPS) is 16.0. The molecule has 0 saturated heterocycles. The third-order valence-electron chi connectivity index (χ3n) is 0.557. The molecule has 0 saturated carbocycles. The van der Waals surface area contributed by atoms with Crippen LogP contribution in [0.15, 0.2) is 16.2 Å². The van der Waals surface area contributed by atoms with Crippen LogP contribution >= 0.6 is 0 Å². The molecule has 3 heteroatoms. The maximum absolute atomic E-state index is 3.77. The summed E-state index contributed by atoms with van der Waals surface area (Å²) in [5.74, 6) is 2.61. The van der Waals surface area contributed by atoms with Crippen LogP contribution in [0.4, 0.5) is 0 Å². The van der Waals surface area contributed by atoms with Crippen LogP contribution in [0.1, 0.15) is 0 Å². The molecule has 3 nitrogen and oxygen atoms in total. The Kier molecular flexibility index (Phi) is 1.26. The van der Waals surface area contributed by atoms with Crippen LogP contribution in [0.3, 0.4) is 0 Å². The zero-order valence-electron chi connectivity index (χ0n) is 3.76. The van der Waals surface area contributed by atoms with Gasteiger partial charge in [0.05, 0.1) is 12.5 Å². The molecule has 1 aliphatic heterocycles. The van der Waals surface area contributed by atoms with Gasteiger partial charge in [-0.25, -0.2) is 4.99 Å². The molecule has 1 heterocycles. The van der Waals surface area contributed by atoms with E-state index in [9.17, 15) is 0 Å². The van der Waals surface area contributed by atoms with Gasteiger partial charge in [0.25, 0.3) is 0 Å². The molecule has 0 aromatic heterocycles. The minimum atomic E-state index is 0.490. The molecule has 1 aliphatic rings. The summed E-state index contributed by atoms with van der Waals surface area (Å²) >= 11 is 0. The number of nitrogens with zero attached hydrogens (tertiary/aromatic N) is 2. The van der Waals surface area contributed by atoms with Crippen molar-refractivity contribution in [1.29, 1.82) is 0 Å². The molecule has 1 rings (SSSR count). The van der Waals surface area contributed by atoms with Crippen LogP contribution in [0, 0.1) is 0 Å². The van der Waals surface area contributed by atoms with E-state index in [1.54, 1.807) is 12.5 Å². The fourth-order valence-electron chi connectivity index (χ4n) is 0.295. The molecule has 0 aliphatic carbocycles. The summed E-state index contributed by atoms with van der Waals surface area (Å²) in [5.41, 5.74) is 0.